The van der Waals surface area contributed by atoms with Gasteiger partial charge in [-0.15, -0.1) is 4.67 Å². The van der Waals surface area contributed by atoms with Crippen molar-refractivity contribution in [2.75, 3.05) is 33.2 Å². The number of phosphoric acid groups is 2. The van der Waals surface area contributed by atoms with Crippen LogP contribution in [0.5, 0.6) is 0 Å². The molecule has 0 spiro atoms. The molecule has 0 amide bonds. The third-order valence-corrected chi connectivity index (χ3v) is 9.36. The van der Waals surface area contributed by atoms with Gasteiger partial charge in [0.05, 0.1) is 26.7 Å². The number of hydrogen-bond acceptors (Lipinski definition) is 17. The Labute approximate surface area is 250 Å². The van der Waals surface area contributed by atoms with Gasteiger partial charge in [-0.2, -0.15) is 0 Å². The summed E-state index contributed by atoms with van der Waals surface area (Å²) < 4.78 is 88.2. The minimum Gasteiger partial charge on any atom is -0.382 e. The molecule has 3 aromatic rings. The number of nitrogen functional groups attached to an aromatic ring is 1. The molecular weight excluding hydrogens is 655 g/mol. The number of halogens is 1. The third kappa shape index (κ3) is 6.12. The molecule has 0 aliphatic carbocycles. The van der Waals surface area contributed by atoms with E-state index in [1.165, 1.54) is 24.3 Å². The zero-order chi connectivity index (χ0) is 32.1. The summed E-state index contributed by atoms with van der Waals surface area (Å²) in [5.74, 6) is 0.0707. The van der Waals surface area contributed by atoms with Gasteiger partial charge in [0.25, 0.3) is 5.56 Å². The molecule has 2 unspecified atom stereocenters. The lowest BCUT2D eigenvalue weighted by Gasteiger charge is -2.27. The molecule has 6 heterocycles. The van der Waals surface area contributed by atoms with Gasteiger partial charge in [-0.25, -0.2) is 38.2 Å². The summed E-state index contributed by atoms with van der Waals surface area (Å²) in [5.41, 5.74) is 4.54. The van der Waals surface area contributed by atoms with Crippen molar-refractivity contribution in [1.29, 1.82) is 0 Å². The van der Waals surface area contributed by atoms with Gasteiger partial charge in [-0.1, -0.05) is 0 Å². The maximum atomic E-state index is 15.7. The number of anilines is 1. The van der Waals surface area contributed by atoms with Gasteiger partial charge in [0, 0.05) is 19.4 Å². The van der Waals surface area contributed by atoms with E-state index in [4.69, 9.17) is 42.7 Å². The highest BCUT2D eigenvalue weighted by atomic mass is 31.2. The van der Waals surface area contributed by atoms with Crippen LogP contribution in [0, 0.1) is 0 Å². The lowest BCUT2D eigenvalue weighted by atomic mass is 10.1. The van der Waals surface area contributed by atoms with E-state index in [0.29, 0.717) is 0 Å². The lowest BCUT2D eigenvalue weighted by molar-refractivity contribution is -0.208. The number of rotatable bonds is 5. The molecule has 3 aromatic heterocycles. The number of aromatic nitrogens is 6. The van der Waals surface area contributed by atoms with Crippen molar-refractivity contribution in [2.24, 2.45) is 0 Å². The van der Waals surface area contributed by atoms with E-state index in [-0.39, 0.29) is 17.0 Å². The van der Waals surface area contributed by atoms with Gasteiger partial charge in [-0.05, 0) is 0 Å². The normalized spacial score (nSPS) is 37.5. The number of aromatic amines is 1. The number of nitrogens with zero attached hydrogens (tertiary/aromatic N) is 5. The van der Waals surface area contributed by atoms with Gasteiger partial charge in [0.2, 0.25) is 0 Å². The second-order valence-electron chi connectivity index (χ2n) is 9.76. The smallest absolute Gasteiger partial charge is 0.382 e. The number of alkyl halides is 1. The van der Waals surface area contributed by atoms with Crippen LogP contribution in [0.1, 0.15) is 12.5 Å². The van der Waals surface area contributed by atoms with E-state index in [9.17, 15) is 23.6 Å². The first-order valence-corrected chi connectivity index (χ1v) is 15.9. The van der Waals surface area contributed by atoms with E-state index < -0.39 is 89.3 Å². The molecule has 4 N–H and O–H groups in total. The number of nitrogens with two attached hydrogens (primary N) is 1. The molecule has 3 aliphatic rings. The molecule has 24 heteroatoms. The van der Waals surface area contributed by atoms with Gasteiger partial charge in [0.15, 0.2) is 30.1 Å². The first kappa shape index (κ1) is 32.0. The Kier molecular flexibility index (Phi) is 8.76. The van der Waals surface area contributed by atoms with Crippen molar-refractivity contribution in [3.8, 4) is 0 Å². The van der Waals surface area contributed by atoms with Crippen molar-refractivity contribution >= 4 is 32.6 Å². The summed E-state index contributed by atoms with van der Waals surface area (Å²) in [6.45, 7) is -1.66. The van der Waals surface area contributed by atoms with Crippen LogP contribution >= 0.6 is 15.6 Å². The number of fused-ring (bicyclic) bond motifs is 4. The monoisotopic (exact) mass is 681 g/mol. The van der Waals surface area contributed by atoms with Crippen molar-refractivity contribution in [1.82, 2.24) is 29.1 Å². The van der Waals surface area contributed by atoms with Crippen LogP contribution in [0.4, 0.5) is 10.2 Å². The molecule has 2 bridgehead atoms. The van der Waals surface area contributed by atoms with Crippen LogP contribution in [-0.2, 0) is 51.0 Å². The van der Waals surface area contributed by atoms with Crippen LogP contribution in [-0.4, -0.2) is 98.1 Å². The van der Waals surface area contributed by atoms with Crippen molar-refractivity contribution in [3.05, 3.63) is 45.8 Å². The summed E-state index contributed by atoms with van der Waals surface area (Å²) in [6, 6.07) is 0.943. The molecular formula is C21H26FN7O14P2. The Bertz CT molecular complexity index is 1770. The minimum absolute atomic E-state index is 0.0707. The van der Waals surface area contributed by atoms with Crippen molar-refractivity contribution in [2.45, 2.75) is 49.1 Å². The summed E-state index contributed by atoms with van der Waals surface area (Å²) in [7, 11) is -7.73. The highest BCUT2D eigenvalue weighted by Gasteiger charge is 2.55. The number of imidazole rings is 1. The number of nitrogens with one attached hydrogen (secondary N) is 1. The fourth-order valence-corrected chi connectivity index (χ4v) is 7.25. The highest BCUT2D eigenvalue weighted by Crippen LogP contribution is 2.56. The summed E-state index contributed by atoms with van der Waals surface area (Å²) in [5, 5.41) is 0. The topological polar surface area (TPSA) is 262 Å². The molecule has 3 fully saturated rings. The summed E-state index contributed by atoms with van der Waals surface area (Å²) in [6.07, 6.45) is -9.23. The van der Waals surface area contributed by atoms with E-state index in [2.05, 4.69) is 19.8 Å². The van der Waals surface area contributed by atoms with Gasteiger partial charge >= 0.3 is 21.3 Å². The number of hydrogen-bond donors (Lipinski definition) is 3. The lowest BCUT2D eigenvalue weighted by Crippen LogP contribution is -2.38. The van der Waals surface area contributed by atoms with E-state index in [0.717, 1.165) is 23.9 Å². The minimum atomic E-state index is -5.06. The van der Waals surface area contributed by atoms with E-state index in [1.807, 2.05) is 4.98 Å². The van der Waals surface area contributed by atoms with E-state index in [1.54, 1.807) is 0 Å². The van der Waals surface area contributed by atoms with E-state index >= 15 is 4.39 Å². The molecule has 3 saturated heterocycles. The number of ether oxygens (including phenoxy) is 3. The van der Waals surface area contributed by atoms with Gasteiger partial charge < -0.3 is 24.8 Å². The van der Waals surface area contributed by atoms with Crippen LogP contribution in [0.15, 0.2) is 34.5 Å². The summed E-state index contributed by atoms with van der Waals surface area (Å²) >= 11 is 0. The Balaban J connectivity index is 1.36. The second kappa shape index (κ2) is 12.3. The zero-order valence-corrected chi connectivity index (χ0v) is 25.0. The number of phosphoric ester groups is 2. The average molecular weight is 681 g/mol. The Hall–Kier alpha value is -2.98. The largest absolute Gasteiger partial charge is 0.502 e. The first-order chi connectivity index (χ1) is 21.4. The SMILES string of the molecule is COOP1(=O)OC[C@H]2O[C@@H](n3cnc4c(N)ncnc43)[C@H](OC)[C@@H]2OP(=O)(O)OC[C@H]2O[C@@H](n3ccc(=O)[nH]c3=O)[C@H](O1)[C@@H]2F. The van der Waals surface area contributed by atoms with Gasteiger partial charge in [0.1, 0.15) is 42.4 Å². The van der Waals surface area contributed by atoms with Crippen molar-refractivity contribution in [3.63, 3.8) is 0 Å². The molecule has 246 valence electrons. The summed E-state index contributed by atoms with van der Waals surface area (Å²) in [4.78, 5) is 53.5. The quantitative estimate of drug-likeness (QED) is 0.177. The third-order valence-electron chi connectivity index (χ3n) is 7.08. The number of H-pyrrole nitrogens is 1. The Morgan fingerprint density at radius 2 is 1.80 bits per heavy atom. The second-order valence-corrected chi connectivity index (χ2v) is 12.7. The van der Waals surface area contributed by atoms with Crippen molar-refractivity contribution < 1.29 is 60.3 Å². The Morgan fingerprint density at radius 3 is 2.53 bits per heavy atom. The molecule has 0 aromatic carbocycles. The number of methoxy groups -OCH3 is 1. The fourth-order valence-electron chi connectivity index (χ4n) is 5.12. The van der Waals surface area contributed by atoms with Crippen LogP contribution in [0.25, 0.3) is 11.2 Å². The maximum absolute atomic E-state index is 15.7. The standard InChI is InChI=1S/C21H26FN7O14P2/c1-35-16-14-10(40-20(16)29-8-26-13-17(23)24-7-25-18(13)29)6-38-45(34,43-36-2)42-15-12(22)9(5-37-44(32,33)41-14)39-19(15)28-4-3-11(30)27-21(28)31/h3-4,7-10,12,14-16,19-20H,5-6H2,1-2H3,(H,32,33)(H2,23,24,25)(H,27,30,31)/t9-,10-,12-,14-,15-,16-,19-,20-,45?/m1/s1. The first-order valence-electron chi connectivity index (χ1n) is 13.0. The molecule has 6 rings (SSSR count). The predicted molar refractivity (Wildman–Crippen MR) is 142 cm³/mol. The molecule has 0 saturated carbocycles. The molecule has 0 radical (unpaired) electrons. The zero-order valence-electron chi connectivity index (χ0n) is 23.2. The maximum Gasteiger partial charge on any atom is 0.502 e. The predicted octanol–water partition coefficient (Wildman–Crippen LogP) is -0.290. The van der Waals surface area contributed by atoms with Crippen LogP contribution in [0.3, 0.4) is 0 Å². The molecule has 3 aliphatic heterocycles. The molecule has 10 atom stereocenters. The molecule has 21 nitrogen and oxygen atoms in total. The molecule has 45 heavy (non-hydrogen) atoms. The highest BCUT2D eigenvalue weighted by molar-refractivity contribution is 7.48. The average Bonchev–Trinajstić information content (AvgIpc) is 3.65. The Morgan fingerprint density at radius 1 is 1.04 bits per heavy atom. The van der Waals surface area contributed by atoms with Crippen LogP contribution < -0.4 is 17.0 Å². The van der Waals surface area contributed by atoms with Gasteiger partial charge in [-0.3, -0.25) is 37.0 Å². The van der Waals surface area contributed by atoms with Crippen LogP contribution in [0.2, 0.25) is 0 Å². The fraction of sp³-hybridized carbons (Fsp3) is 0.571.